The summed E-state index contributed by atoms with van der Waals surface area (Å²) in [6.07, 6.45) is 3.16. The Morgan fingerprint density at radius 1 is 1.16 bits per heavy atom. The summed E-state index contributed by atoms with van der Waals surface area (Å²) in [4.78, 5) is 14.8. The quantitative estimate of drug-likeness (QED) is 0.545. The summed E-state index contributed by atoms with van der Waals surface area (Å²) in [6, 6.07) is 11.4. The monoisotopic (exact) mass is 375 g/mol. The third-order valence-electron chi connectivity index (χ3n) is 4.32. The fourth-order valence-corrected chi connectivity index (χ4v) is 3.59. The molecule has 3 aromatic rings. The lowest BCUT2D eigenvalue weighted by molar-refractivity contribution is -0.136. The zero-order valence-corrected chi connectivity index (χ0v) is 15.4. The number of hydrogen-bond acceptors (Lipinski definition) is 1. The van der Waals surface area contributed by atoms with Crippen LogP contribution in [0.4, 0.5) is 0 Å². The van der Waals surface area contributed by atoms with Crippen LogP contribution in [0.15, 0.2) is 36.4 Å². The van der Waals surface area contributed by atoms with Gasteiger partial charge in [-0.1, -0.05) is 42.6 Å². The fourth-order valence-electron chi connectivity index (χ4n) is 3.09. The van der Waals surface area contributed by atoms with E-state index in [1.54, 1.807) is 12.1 Å². The predicted molar refractivity (Wildman–Crippen MR) is 104 cm³/mol. The minimum atomic E-state index is -0.869. The van der Waals surface area contributed by atoms with Crippen LogP contribution in [-0.2, 0) is 17.6 Å². The average molecular weight is 376 g/mol. The first-order chi connectivity index (χ1) is 12.0. The van der Waals surface area contributed by atoms with Gasteiger partial charge in [-0.25, -0.2) is 0 Å². The fraction of sp³-hybridized carbons (Fsp3) is 0.250. The number of hydrogen-bond donors (Lipinski definition) is 2. The Balaban J connectivity index is 2.18. The number of carboxylic acids is 1. The second-order valence-electron chi connectivity index (χ2n) is 6.16. The van der Waals surface area contributed by atoms with Crippen molar-refractivity contribution >= 4 is 40.1 Å². The van der Waals surface area contributed by atoms with Gasteiger partial charge >= 0.3 is 5.97 Å². The Bertz CT molecular complexity index is 931. The van der Waals surface area contributed by atoms with Gasteiger partial charge in [0.15, 0.2) is 0 Å². The number of unbranched alkanes of at least 4 members (excludes halogenated alkanes) is 1. The molecule has 2 aromatic carbocycles. The largest absolute Gasteiger partial charge is 0.481 e. The summed E-state index contributed by atoms with van der Waals surface area (Å²) in [5, 5.41) is 11.4. The van der Waals surface area contributed by atoms with Crippen LogP contribution in [0.5, 0.6) is 0 Å². The molecule has 2 N–H and O–H groups in total. The van der Waals surface area contributed by atoms with Crippen molar-refractivity contribution in [2.24, 2.45) is 0 Å². The molecular weight excluding hydrogens is 357 g/mol. The van der Waals surface area contributed by atoms with Crippen molar-refractivity contribution in [1.29, 1.82) is 0 Å². The molecule has 0 spiro atoms. The van der Waals surface area contributed by atoms with Gasteiger partial charge in [-0.05, 0) is 54.3 Å². The molecule has 1 heterocycles. The van der Waals surface area contributed by atoms with Crippen molar-refractivity contribution in [1.82, 2.24) is 4.98 Å². The van der Waals surface area contributed by atoms with E-state index in [4.69, 9.17) is 23.2 Å². The smallest absolute Gasteiger partial charge is 0.307 e. The second kappa shape index (κ2) is 7.51. The normalized spacial score (nSPS) is 11.2. The molecule has 0 unspecified atom stereocenters. The van der Waals surface area contributed by atoms with E-state index in [9.17, 15) is 9.90 Å². The topological polar surface area (TPSA) is 53.1 Å². The number of rotatable bonds is 6. The maximum absolute atomic E-state index is 11.4. The van der Waals surface area contributed by atoms with E-state index in [1.165, 1.54) is 5.56 Å². The molecule has 0 aliphatic heterocycles. The number of carbonyl (C=O) groups is 1. The highest BCUT2D eigenvalue weighted by molar-refractivity contribution is 6.36. The van der Waals surface area contributed by atoms with Gasteiger partial charge in [0, 0.05) is 21.5 Å². The molecule has 25 heavy (non-hydrogen) atoms. The number of H-pyrrole nitrogens is 1. The number of benzene rings is 2. The molecule has 0 aliphatic rings. The number of fused-ring (bicyclic) bond motifs is 1. The molecule has 0 radical (unpaired) electrons. The standard InChI is InChI=1S/C20H19Cl2NO2/c1-2-3-4-12-5-8-18-15(9-12)16(11-19(24)25)20(23-18)14-7-6-13(21)10-17(14)22/h5-10,23H,2-4,11H2,1H3,(H,24,25). The van der Waals surface area contributed by atoms with Crippen LogP contribution in [0.2, 0.25) is 10.0 Å². The number of aryl methyl sites for hydroxylation is 1. The summed E-state index contributed by atoms with van der Waals surface area (Å²) in [5.74, 6) is -0.869. The number of nitrogens with one attached hydrogen (secondary N) is 1. The van der Waals surface area contributed by atoms with Crippen molar-refractivity contribution in [3.05, 3.63) is 57.6 Å². The lowest BCUT2D eigenvalue weighted by Gasteiger charge is -2.06. The first-order valence-electron chi connectivity index (χ1n) is 8.30. The second-order valence-corrected chi connectivity index (χ2v) is 7.00. The molecule has 0 bridgehead atoms. The zero-order chi connectivity index (χ0) is 18.0. The van der Waals surface area contributed by atoms with Crippen LogP contribution in [0.1, 0.15) is 30.9 Å². The number of aromatic nitrogens is 1. The molecule has 0 saturated heterocycles. The van der Waals surface area contributed by atoms with Crippen LogP contribution in [0.3, 0.4) is 0 Å². The van der Waals surface area contributed by atoms with Crippen LogP contribution < -0.4 is 0 Å². The van der Waals surface area contributed by atoms with Crippen molar-refractivity contribution in [3.8, 4) is 11.3 Å². The Labute approximate surface area is 156 Å². The Morgan fingerprint density at radius 3 is 2.64 bits per heavy atom. The van der Waals surface area contributed by atoms with E-state index in [0.29, 0.717) is 10.0 Å². The summed E-state index contributed by atoms with van der Waals surface area (Å²) in [6.45, 7) is 2.16. The summed E-state index contributed by atoms with van der Waals surface area (Å²) in [5.41, 5.74) is 4.39. The first kappa shape index (κ1) is 17.8. The zero-order valence-electron chi connectivity index (χ0n) is 13.9. The molecule has 3 rings (SSSR count). The van der Waals surface area contributed by atoms with Gasteiger partial charge in [0.25, 0.3) is 0 Å². The highest BCUT2D eigenvalue weighted by Gasteiger charge is 2.18. The molecule has 0 saturated carbocycles. The van der Waals surface area contributed by atoms with Crippen LogP contribution in [0, 0.1) is 0 Å². The van der Waals surface area contributed by atoms with Crippen LogP contribution in [-0.4, -0.2) is 16.1 Å². The lowest BCUT2D eigenvalue weighted by Crippen LogP contribution is -2.01. The molecule has 5 heteroatoms. The average Bonchev–Trinajstić information content (AvgIpc) is 2.90. The predicted octanol–water partition coefficient (Wildman–Crippen LogP) is 6.11. The minimum absolute atomic E-state index is 0.0640. The highest BCUT2D eigenvalue weighted by Crippen LogP contribution is 2.36. The van der Waals surface area contributed by atoms with Gasteiger partial charge < -0.3 is 10.1 Å². The van der Waals surface area contributed by atoms with E-state index >= 15 is 0 Å². The van der Waals surface area contributed by atoms with E-state index < -0.39 is 5.97 Å². The third kappa shape index (κ3) is 3.83. The molecule has 130 valence electrons. The van der Waals surface area contributed by atoms with Gasteiger partial charge in [0.05, 0.1) is 17.1 Å². The maximum atomic E-state index is 11.4. The molecule has 1 aromatic heterocycles. The Kier molecular flexibility index (Phi) is 5.36. The molecule has 0 fully saturated rings. The van der Waals surface area contributed by atoms with E-state index in [2.05, 4.69) is 24.0 Å². The van der Waals surface area contributed by atoms with E-state index in [-0.39, 0.29) is 6.42 Å². The van der Waals surface area contributed by atoms with Gasteiger partial charge in [-0.3, -0.25) is 4.79 Å². The van der Waals surface area contributed by atoms with Gasteiger partial charge in [-0.15, -0.1) is 0 Å². The SMILES string of the molecule is CCCCc1ccc2[nH]c(-c3ccc(Cl)cc3Cl)c(CC(=O)O)c2c1. The molecule has 0 atom stereocenters. The van der Waals surface area contributed by atoms with Gasteiger partial charge in [0.2, 0.25) is 0 Å². The van der Waals surface area contributed by atoms with E-state index in [1.807, 2.05) is 12.1 Å². The molecule has 3 nitrogen and oxygen atoms in total. The van der Waals surface area contributed by atoms with Crippen molar-refractivity contribution < 1.29 is 9.90 Å². The number of aromatic amines is 1. The van der Waals surface area contributed by atoms with Gasteiger partial charge in [0.1, 0.15) is 0 Å². The number of carboxylic acid groups (broad SMARTS) is 1. The summed E-state index contributed by atoms with van der Waals surface area (Å²) < 4.78 is 0. The molecule has 0 amide bonds. The Hall–Kier alpha value is -1.97. The summed E-state index contributed by atoms with van der Waals surface area (Å²) in [7, 11) is 0. The molecule has 0 aliphatic carbocycles. The van der Waals surface area contributed by atoms with Crippen molar-refractivity contribution in [3.63, 3.8) is 0 Å². The van der Waals surface area contributed by atoms with Crippen molar-refractivity contribution in [2.45, 2.75) is 32.6 Å². The number of aliphatic carboxylic acids is 1. The molecular formula is C20H19Cl2NO2. The first-order valence-corrected chi connectivity index (χ1v) is 9.06. The maximum Gasteiger partial charge on any atom is 0.307 e. The Morgan fingerprint density at radius 2 is 1.96 bits per heavy atom. The van der Waals surface area contributed by atoms with E-state index in [0.717, 1.165) is 47.0 Å². The lowest BCUT2D eigenvalue weighted by atomic mass is 10.00. The number of halogens is 2. The van der Waals surface area contributed by atoms with Crippen LogP contribution in [0.25, 0.3) is 22.2 Å². The highest BCUT2D eigenvalue weighted by atomic mass is 35.5. The summed E-state index contributed by atoms with van der Waals surface area (Å²) >= 11 is 12.3. The third-order valence-corrected chi connectivity index (χ3v) is 4.87. The van der Waals surface area contributed by atoms with Crippen LogP contribution >= 0.6 is 23.2 Å². The van der Waals surface area contributed by atoms with Crippen molar-refractivity contribution in [2.75, 3.05) is 0 Å². The minimum Gasteiger partial charge on any atom is -0.481 e. The van der Waals surface area contributed by atoms with Gasteiger partial charge in [-0.2, -0.15) is 0 Å².